The number of carbonyl (C=O) groups excluding carboxylic acids is 3. The summed E-state index contributed by atoms with van der Waals surface area (Å²) in [7, 11) is 1.46. The Morgan fingerprint density at radius 3 is 2.36 bits per heavy atom. The average Bonchev–Trinajstić information content (AvgIpc) is 3.27. The summed E-state index contributed by atoms with van der Waals surface area (Å²) < 4.78 is 40.3. The number of aromatic amines is 1. The normalized spacial score (nSPS) is 11.0. The molecule has 8 nitrogen and oxygen atoms in total. The average molecular weight is 580 g/mol. The van der Waals surface area contributed by atoms with Crippen molar-refractivity contribution in [1.29, 1.82) is 0 Å². The van der Waals surface area contributed by atoms with Crippen molar-refractivity contribution in [2.75, 3.05) is 17.7 Å². The second kappa shape index (κ2) is 11.7. The molecule has 3 amide bonds. The molecule has 3 aromatic carbocycles. The van der Waals surface area contributed by atoms with E-state index in [0.717, 1.165) is 12.1 Å². The molecule has 0 radical (unpaired) electrons. The molecule has 4 N–H and O–H groups in total. The van der Waals surface area contributed by atoms with E-state index < -0.39 is 29.1 Å². The van der Waals surface area contributed by atoms with Gasteiger partial charge in [0.15, 0.2) is 0 Å². The Kier molecular flexibility index (Phi) is 8.88. The van der Waals surface area contributed by atoms with Crippen molar-refractivity contribution in [2.24, 2.45) is 0 Å². The van der Waals surface area contributed by atoms with Gasteiger partial charge in [0.25, 0.3) is 11.8 Å². The van der Waals surface area contributed by atoms with E-state index in [1.54, 1.807) is 25.1 Å². The monoisotopic (exact) mass is 579 g/mol. The molecular weight excluding hydrogens is 558 g/mol. The molecule has 1 heterocycles. The fraction of sp³-hybridized carbons (Fsp3) is 0.154. The number of likely N-dealkylation sites (N-methyl/N-ethyl adjacent to an activating group) is 1. The van der Waals surface area contributed by atoms with E-state index in [4.69, 9.17) is 11.6 Å². The topological polar surface area (TPSA) is 116 Å². The smallest absolute Gasteiger partial charge is 0.359 e. The number of anilines is 2. The number of rotatable bonds is 6. The van der Waals surface area contributed by atoms with Gasteiger partial charge in [-0.1, -0.05) is 29.8 Å². The van der Waals surface area contributed by atoms with Crippen molar-refractivity contribution in [3.63, 3.8) is 0 Å². The number of nitrogens with zero attached hydrogens (tertiary/aromatic N) is 1. The Morgan fingerprint density at radius 2 is 1.67 bits per heavy atom. The molecule has 13 heteroatoms. The van der Waals surface area contributed by atoms with E-state index in [-0.39, 0.29) is 47.3 Å². The van der Waals surface area contributed by atoms with Crippen molar-refractivity contribution in [3.8, 4) is 0 Å². The molecular formula is C26H22Cl2F3N5O3. The Morgan fingerprint density at radius 1 is 0.974 bits per heavy atom. The highest BCUT2D eigenvalue weighted by Gasteiger charge is 2.35. The van der Waals surface area contributed by atoms with Crippen LogP contribution in [0.3, 0.4) is 0 Å². The van der Waals surface area contributed by atoms with E-state index in [9.17, 15) is 27.6 Å². The fourth-order valence-corrected chi connectivity index (χ4v) is 3.97. The number of H-pyrrole nitrogens is 1. The highest BCUT2D eigenvalue weighted by molar-refractivity contribution is 6.31. The Labute approximate surface area is 231 Å². The molecule has 0 bridgehead atoms. The van der Waals surface area contributed by atoms with Crippen LogP contribution in [-0.2, 0) is 17.4 Å². The lowest BCUT2D eigenvalue weighted by atomic mass is 10.1. The Bertz CT molecular complexity index is 1570. The number of carbonyl (C=O) groups is 3. The number of nitrogens with one attached hydrogen (secondary N) is 4. The van der Waals surface area contributed by atoms with Gasteiger partial charge in [0.05, 0.1) is 28.6 Å². The van der Waals surface area contributed by atoms with E-state index in [2.05, 4.69) is 25.9 Å². The minimum Gasteiger partial charge on any atom is -0.359 e. The van der Waals surface area contributed by atoms with Gasteiger partial charge in [-0.15, -0.1) is 12.4 Å². The van der Waals surface area contributed by atoms with Crippen LogP contribution in [0.1, 0.15) is 37.7 Å². The molecule has 4 aromatic rings. The second-order valence-electron chi connectivity index (χ2n) is 8.32. The summed E-state index contributed by atoms with van der Waals surface area (Å²) in [6.07, 6.45) is -4.85. The second-order valence-corrected chi connectivity index (χ2v) is 8.72. The standard InChI is InChI=1S/C26H21ClF3N5O3.ClH/c1-13-18(27)8-5-9-19(13)34-25(38)16-10-14(11-20-23(16)35-21(33-20)12-22(36)31-2)32-24(37)15-6-3-4-7-17(15)26(28,29)30;/h3-11H,12H2,1-2H3,(H,31,36)(H,32,37)(H,33,35)(H,34,38);1H. The van der Waals surface area contributed by atoms with Gasteiger partial charge < -0.3 is 20.9 Å². The molecule has 1 aromatic heterocycles. The summed E-state index contributed by atoms with van der Waals surface area (Å²) in [6, 6.07) is 12.1. The summed E-state index contributed by atoms with van der Waals surface area (Å²) in [5.74, 6) is -1.70. The van der Waals surface area contributed by atoms with Crippen LogP contribution < -0.4 is 16.0 Å². The van der Waals surface area contributed by atoms with Crippen LogP contribution in [0, 0.1) is 6.92 Å². The summed E-state index contributed by atoms with van der Waals surface area (Å²) >= 11 is 6.16. The quantitative estimate of drug-likeness (QED) is 0.232. The summed E-state index contributed by atoms with van der Waals surface area (Å²) in [5, 5.41) is 8.09. The molecule has 0 saturated carbocycles. The SMILES string of the molecule is CNC(=O)Cc1nc2c(C(=O)Nc3cccc(Cl)c3C)cc(NC(=O)c3ccccc3C(F)(F)F)cc2[nH]1.Cl. The lowest BCUT2D eigenvalue weighted by Gasteiger charge is -2.14. The van der Waals surface area contributed by atoms with Gasteiger partial charge in [-0.3, -0.25) is 14.4 Å². The first-order chi connectivity index (χ1) is 18.0. The van der Waals surface area contributed by atoms with Crippen LogP contribution in [0.25, 0.3) is 11.0 Å². The minimum atomic E-state index is -4.74. The molecule has 0 spiro atoms. The number of imidazole rings is 1. The lowest BCUT2D eigenvalue weighted by molar-refractivity contribution is -0.137. The van der Waals surface area contributed by atoms with E-state index in [1.807, 2.05) is 0 Å². The number of aromatic nitrogens is 2. The van der Waals surface area contributed by atoms with Crippen LogP contribution in [0.5, 0.6) is 0 Å². The Hall–Kier alpha value is -4.09. The highest BCUT2D eigenvalue weighted by Crippen LogP contribution is 2.33. The number of alkyl halides is 3. The van der Waals surface area contributed by atoms with Crippen molar-refractivity contribution in [3.05, 3.63) is 87.7 Å². The van der Waals surface area contributed by atoms with Crippen LogP contribution >= 0.6 is 24.0 Å². The first kappa shape index (κ1) is 29.5. The largest absolute Gasteiger partial charge is 0.417 e. The number of hydrogen-bond donors (Lipinski definition) is 4. The number of amides is 3. The third-order valence-corrected chi connectivity index (χ3v) is 6.15. The van der Waals surface area contributed by atoms with Crippen LogP contribution in [-0.4, -0.2) is 34.7 Å². The molecule has 204 valence electrons. The van der Waals surface area contributed by atoms with E-state index in [1.165, 1.54) is 31.3 Å². The van der Waals surface area contributed by atoms with Crippen molar-refractivity contribution < 1.29 is 27.6 Å². The number of hydrogen-bond acceptors (Lipinski definition) is 4. The van der Waals surface area contributed by atoms with Gasteiger partial charge in [-0.05, 0) is 48.9 Å². The zero-order valence-electron chi connectivity index (χ0n) is 20.5. The molecule has 0 saturated heterocycles. The molecule has 0 aliphatic heterocycles. The van der Waals surface area contributed by atoms with E-state index in [0.29, 0.717) is 21.8 Å². The van der Waals surface area contributed by atoms with Crippen LogP contribution in [0.15, 0.2) is 54.6 Å². The lowest BCUT2D eigenvalue weighted by Crippen LogP contribution is -2.20. The predicted molar refractivity (Wildman–Crippen MR) is 145 cm³/mol. The van der Waals surface area contributed by atoms with Gasteiger partial charge >= 0.3 is 6.18 Å². The molecule has 0 atom stereocenters. The molecule has 0 aliphatic carbocycles. The van der Waals surface area contributed by atoms with Crippen LogP contribution in [0.4, 0.5) is 24.5 Å². The van der Waals surface area contributed by atoms with Gasteiger partial charge in [0, 0.05) is 23.4 Å². The van der Waals surface area contributed by atoms with Crippen molar-refractivity contribution in [2.45, 2.75) is 19.5 Å². The van der Waals surface area contributed by atoms with Crippen LogP contribution in [0.2, 0.25) is 5.02 Å². The number of fused-ring (bicyclic) bond motifs is 1. The maximum Gasteiger partial charge on any atom is 0.417 e. The molecule has 39 heavy (non-hydrogen) atoms. The third-order valence-electron chi connectivity index (χ3n) is 5.74. The zero-order chi connectivity index (χ0) is 27.6. The van der Waals surface area contributed by atoms with E-state index >= 15 is 0 Å². The maximum absolute atomic E-state index is 13.4. The summed E-state index contributed by atoms with van der Waals surface area (Å²) in [6.45, 7) is 1.72. The van der Waals surface area contributed by atoms with Crippen molar-refractivity contribution in [1.82, 2.24) is 15.3 Å². The molecule has 0 fully saturated rings. The predicted octanol–water partition coefficient (Wildman–Crippen LogP) is 5.76. The first-order valence-electron chi connectivity index (χ1n) is 11.2. The molecule has 0 aliphatic rings. The van der Waals surface area contributed by atoms with Gasteiger partial charge in [-0.25, -0.2) is 4.98 Å². The zero-order valence-corrected chi connectivity index (χ0v) is 22.1. The maximum atomic E-state index is 13.4. The fourth-order valence-electron chi connectivity index (χ4n) is 3.80. The van der Waals surface area contributed by atoms with Gasteiger partial charge in [0.2, 0.25) is 5.91 Å². The minimum absolute atomic E-state index is 0. The summed E-state index contributed by atoms with van der Waals surface area (Å²) in [5.41, 5.74) is -0.0654. The molecule has 0 unspecified atom stereocenters. The first-order valence-corrected chi connectivity index (χ1v) is 11.6. The Balaban J connectivity index is 0.00000420. The van der Waals surface area contributed by atoms with Crippen molar-refractivity contribution >= 4 is 64.1 Å². The van der Waals surface area contributed by atoms with Gasteiger partial charge in [-0.2, -0.15) is 13.2 Å². The third kappa shape index (κ3) is 6.50. The van der Waals surface area contributed by atoms with Gasteiger partial charge in [0.1, 0.15) is 11.3 Å². The highest BCUT2D eigenvalue weighted by atomic mass is 35.5. The summed E-state index contributed by atoms with van der Waals surface area (Å²) in [4.78, 5) is 45.3. The number of benzene rings is 3. The number of halogens is 5. The molecule has 4 rings (SSSR count).